The number of alkyl halides is 1. The molecule has 0 bridgehead atoms. The summed E-state index contributed by atoms with van der Waals surface area (Å²) >= 11 is 6.69. The number of benzene rings is 1. The van der Waals surface area contributed by atoms with E-state index < -0.39 is 0 Å². The van der Waals surface area contributed by atoms with Gasteiger partial charge >= 0.3 is 0 Å². The van der Waals surface area contributed by atoms with E-state index in [9.17, 15) is 0 Å². The second-order valence-electron chi connectivity index (χ2n) is 9.17. The summed E-state index contributed by atoms with van der Waals surface area (Å²) in [7, 11) is 3.86. The SMILES string of the molecule is C=CC=C1N(C)c2ccc(OC)cc2NC12CCC(CC1=CC3=C(CC1Cl)OCO3)CC2. The molecule has 1 spiro atoms. The molecule has 170 valence electrons. The predicted octanol–water partition coefficient (Wildman–Crippen LogP) is 6.10. The summed E-state index contributed by atoms with van der Waals surface area (Å²) in [5, 5.41) is 3.89. The van der Waals surface area contributed by atoms with Crippen LogP contribution in [0.5, 0.6) is 5.75 Å². The van der Waals surface area contributed by atoms with Gasteiger partial charge in [0.25, 0.3) is 0 Å². The van der Waals surface area contributed by atoms with Gasteiger partial charge in [-0.15, -0.1) is 11.6 Å². The minimum absolute atomic E-state index is 0.000778. The number of ether oxygens (including phenoxy) is 3. The lowest BCUT2D eigenvalue weighted by molar-refractivity contribution is 0.0730. The van der Waals surface area contributed by atoms with Crippen molar-refractivity contribution in [3.8, 4) is 5.75 Å². The van der Waals surface area contributed by atoms with Crippen molar-refractivity contribution in [1.29, 1.82) is 0 Å². The van der Waals surface area contributed by atoms with E-state index in [1.54, 1.807) is 7.11 Å². The van der Waals surface area contributed by atoms with E-state index >= 15 is 0 Å². The molecule has 2 aliphatic carbocycles. The van der Waals surface area contributed by atoms with Crippen LogP contribution >= 0.6 is 11.6 Å². The molecule has 2 heterocycles. The van der Waals surface area contributed by atoms with Gasteiger partial charge in [0.2, 0.25) is 6.79 Å². The first-order valence-corrected chi connectivity index (χ1v) is 11.8. The number of methoxy groups -OCH3 is 1. The maximum atomic E-state index is 6.69. The first kappa shape index (κ1) is 21.3. The zero-order valence-corrected chi connectivity index (χ0v) is 19.6. The molecular weight excluding hydrogens is 424 g/mol. The quantitative estimate of drug-likeness (QED) is 0.557. The highest BCUT2D eigenvalue weighted by atomic mass is 35.5. The first-order valence-electron chi connectivity index (χ1n) is 11.4. The molecule has 6 heteroatoms. The summed E-state index contributed by atoms with van der Waals surface area (Å²) in [5.74, 6) is 3.26. The Morgan fingerprint density at radius 1 is 1.31 bits per heavy atom. The molecule has 1 aromatic rings. The molecule has 2 aliphatic heterocycles. The lowest BCUT2D eigenvalue weighted by Gasteiger charge is -2.50. The summed E-state index contributed by atoms with van der Waals surface area (Å²) in [6.45, 7) is 4.29. The molecule has 1 saturated carbocycles. The summed E-state index contributed by atoms with van der Waals surface area (Å²) in [5.41, 5.74) is 4.75. The van der Waals surface area contributed by atoms with Crippen LogP contribution in [0, 0.1) is 5.92 Å². The van der Waals surface area contributed by atoms with Crippen LogP contribution in [0.1, 0.15) is 38.5 Å². The maximum Gasteiger partial charge on any atom is 0.230 e. The largest absolute Gasteiger partial charge is 0.497 e. The van der Waals surface area contributed by atoms with E-state index in [1.807, 2.05) is 12.1 Å². The van der Waals surface area contributed by atoms with Crippen molar-refractivity contribution in [2.45, 2.75) is 49.4 Å². The normalized spacial score (nSPS) is 30.2. The van der Waals surface area contributed by atoms with Crippen molar-refractivity contribution in [2.75, 3.05) is 31.2 Å². The molecule has 0 radical (unpaired) electrons. The number of fused-ring (bicyclic) bond motifs is 1. The molecule has 0 aromatic heterocycles. The predicted molar refractivity (Wildman–Crippen MR) is 129 cm³/mol. The molecule has 0 amide bonds. The number of nitrogens with zero attached hydrogens (tertiary/aromatic N) is 1. The standard InChI is InChI=1S/C26H31ClN2O3/c1-4-5-25-26(28-21-14-19(30-3)6-7-22(21)29(25)2)10-8-17(9-11-26)12-18-13-23-24(15-20(18)27)32-16-31-23/h4-7,13-14,17,20,28H,1,8-12,15-16H2,2-3H3. The van der Waals surface area contributed by atoms with Gasteiger partial charge in [0.1, 0.15) is 11.5 Å². The summed E-state index contributed by atoms with van der Waals surface area (Å²) < 4.78 is 16.6. The van der Waals surface area contributed by atoms with Crippen molar-refractivity contribution in [3.63, 3.8) is 0 Å². The fourth-order valence-electron chi connectivity index (χ4n) is 5.62. The molecule has 1 N–H and O–H groups in total. The van der Waals surface area contributed by atoms with E-state index in [2.05, 4.69) is 48.1 Å². The average molecular weight is 455 g/mol. The second-order valence-corrected chi connectivity index (χ2v) is 9.70. The van der Waals surface area contributed by atoms with Crippen molar-refractivity contribution in [1.82, 2.24) is 0 Å². The Hall–Kier alpha value is -2.53. The van der Waals surface area contributed by atoms with Crippen LogP contribution in [-0.2, 0) is 9.47 Å². The number of anilines is 2. The second kappa shape index (κ2) is 8.43. The van der Waals surface area contributed by atoms with Gasteiger partial charge in [-0.05, 0) is 67.9 Å². The Labute approximate surface area is 195 Å². The molecule has 1 aromatic carbocycles. The van der Waals surface area contributed by atoms with Crippen LogP contribution in [0.3, 0.4) is 0 Å². The molecule has 4 aliphatic rings. The summed E-state index contributed by atoms with van der Waals surface area (Å²) in [4.78, 5) is 2.30. The summed E-state index contributed by atoms with van der Waals surface area (Å²) in [6.07, 6.45) is 12.3. The lowest BCUT2D eigenvalue weighted by Crippen LogP contribution is -2.51. The highest BCUT2D eigenvalue weighted by Crippen LogP contribution is 2.49. The molecule has 5 rings (SSSR count). The summed E-state index contributed by atoms with van der Waals surface area (Å²) in [6, 6.07) is 6.23. The monoisotopic (exact) mass is 454 g/mol. The van der Waals surface area contributed by atoms with Crippen LogP contribution in [0.15, 0.2) is 65.8 Å². The van der Waals surface area contributed by atoms with Crippen LogP contribution in [0.4, 0.5) is 11.4 Å². The fourth-order valence-corrected chi connectivity index (χ4v) is 5.91. The Balaban J connectivity index is 1.35. The van der Waals surface area contributed by atoms with E-state index in [0.29, 0.717) is 12.7 Å². The molecule has 1 fully saturated rings. The highest BCUT2D eigenvalue weighted by Gasteiger charge is 2.44. The van der Waals surface area contributed by atoms with Gasteiger partial charge in [0.05, 0.1) is 29.4 Å². The molecule has 32 heavy (non-hydrogen) atoms. The number of halogens is 1. The minimum Gasteiger partial charge on any atom is -0.497 e. The van der Waals surface area contributed by atoms with E-state index in [1.165, 1.54) is 11.3 Å². The minimum atomic E-state index is -0.0990. The number of likely N-dealkylation sites (N-methyl/N-ethyl adjacent to an activating group) is 1. The van der Waals surface area contributed by atoms with Crippen molar-refractivity contribution in [2.24, 2.45) is 5.92 Å². The molecule has 0 saturated heterocycles. The van der Waals surface area contributed by atoms with E-state index in [0.717, 1.165) is 67.2 Å². The number of hydrogen-bond donors (Lipinski definition) is 1. The number of rotatable bonds is 4. The van der Waals surface area contributed by atoms with Crippen LogP contribution in [0.2, 0.25) is 0 Å². The van der Waals surface area contributed by atoms with Crippen molar-refractivity contribution >= 4 is 23.0 Å². The first-order chi connectivity index (χ1) is 15.5. The van der Waals surface area contributed by atoms with Gasteiger partial charge in [0, 0.05) is 25.2 Å². The Bertz CT molecular complexity index is 1000. The van der Waals surface area contributed by atoms with Gasteiger partial charge in [-0.3, -0.25) is 0 Å². The lowest BCUT2D eigenvalue weighted by atomic mass is 9.71. The smallest absolute Gasteiger partial charge is 0.230 e. The van der Waals surface area contributed by atoms with Gasteiger partial charge in [-0.1, -0.05) is 12.7 Å². The number of nitrogens with one attached hydrogen (secondary N) is 1. The fraction of sp³-hybridized carbons (Fsp3) is 0.462. The van der Waals surface area contributed by atoms with Gasteiger partial charge < -0.3 is 24.4 Å². The van der Waals surface area contributed by atoms with Gasteiger partial charge in [-0.2, -0.15) is 0 Å². The van der Waals surface area contributed by atoms with Gasteiger partial charge in [-0.25, -0.2) is 0 Å². The number of hydrogen-bond acceptors (Lipinski definition) is 5. The van der Waals surface area contributed by atoms with Crippen LogP contribution in [0.25, 0.3) is 0 Å². The molecule has 1 unspecified atom stereocenters. The zero-order valence-electron chi connectivity index (χ0n) is 18.8. The zero-order chi connectivity index (χ0) is 22.3. The Kier molecular flexibility index (Phi) is 5.62. The van der Waals surface area contributed by atoms with E-state index in [-0.39, 0.29) is 10.9 Å². The Morgan fingerprint density at radius 3 is 2.88 bits per heavy atom. The van der Waals surface area contributed by atoms with E-state index in [4.69, 9.17) is 25.8 Å². The third-order valence-electron chi connectivity index (χ3n) is 7.36. The maximum absolute atomic E-state index is 6.69. The van der Waals surface area contributed by atoms with Crippen molar-refractivity contribution < 1.29 is 14.2 Å². The molecule has 5 nitrogen and oxygen atoms in total. The Morgan fingerprint density at radius 2 is 2.12 bits per heavy atom. The van der Waals surface area contributed by atoms with Crippen LogP contribution in [-0.4, -0.2) is 31.9 Å². The van der Waals surface area contributed by atoms with Gasteiger partial charge in [0.15, 0.2) is 5.76 Å². The van der Waals surface area contributed by atoms with Crippen molar-refractivity contribution in [3.05, 3.63) is 65.8 Å². The average Bonchev–Trinajstić information content (AvgIpc) is 3.25. The molecular formula is C26H31ClN2O3. The highest BCUT2D eigenvalue weighted by molar-refractivity contribution is 6.22. The topological polar surface area (TPSA) is 43.0 Å². The third kappa shape index (κ3) is 3.66. The third-order valence-corrected chi connectivity index (χ3v) is 7.79. The number of allylic oxidation sites excluding steroid dienone is 5. The van der Waals surface area contributed by atoms with Crippen LogP contribution < -0.4 is 15.0 Å². The molecule has 1 atom stereocenters.